The van der Waals surface area contributed by atoms with Crippen LogP contribution in [0.1, 0.15) is 55.6 Å². The quantitative estimate of drug-likeness (QED) is 0.538. The summed E-state index contributed by atoms with van der Waals surface area (Å²) < 4.78 is 5.59. The number of carboxylic acid groups (broad SMARTS) is 1. The summed E-state index contributed by atoms with van der Waals surface area (Å²) >= 11 is 0. The normalized spacial score (nSPS) is 16.9. The first-order chi connectivity index (χ1) is 16.9. The summed E-state index contributed by atoms with van der Waals surface area (Å²) in [5.74, 6) is -1.56. The van der Waals surface area contributed by atoms with E-state index in [0.29, 0.717) is 12.8 Å². The van der Waals surface area contributed by atoms with E-state index in [1.54, 1.807) is 0 Å². The zero-order valence-electron chi connectivity index (χ0n) is 20.0. The van der Waals surface area contributed by atoms with E-state index >= 15 is 0 Å². The lowest BCUT2D eigenvalue weighted by Crippen LogP contribution is -2.60. The van der Waals surface area contributed by atoms with Gasteiger partial charge in [-0.1, -0.05) is 73.9 Å². The number of carboxylic acids is 1. The van der Waals surface area contributed by atoms with Gasteiger partial charge in [-0.25, -0.2) is 9.59 Å². The van der Waals surface area contributed by atoms with Crippen molar-refractivity contribution in [3.8, 4) is 11.1 Å². The van der Waals surface area contributed by atoms with E-state index in [1.807, 2.05) is 36.4 Å². The molecule has 1 atom stereocenters. The second-order valence-corrected chi connectivity index (χ2v) is 9.34. The number of hydrogen-bond acceptors (Lipinski definition) is 4. The zero-order chi connectivity index (χ0) is 25.0. The van der Waals surface area contributed by atoms with Crippen LogP contribution in [-0.4, -0.2) is 53.2 Å². The maximum absolute atomic E-state index is 13.3. The molecule has 0 radical (unpaired) electrons. The Morgan fingerprint density at radius 2 is 1.66 bits per heavy atom. The van der Waals surface area contributed by atoms with Gasteiger partial charge in [0.05, 0.1) is 0 Å². The van der Waals surface area contributed by atoms with Crippen LogP contribution in [0.15, 0.2) is 61.2 Å². The highest BCUT2D eigenvalue weighted by Crippen LogP contribution is 2.44. The molecule has 2 amide bonds. The summed E-state index contributed by atoms with van der Waals surface area (Å²) in [5.41, 5.74) is 3.20. The van der Waals surface area contributed by atoms with Crippen LogP contribution in [0.25, 0.3) is 11.1 Å². The molecule has 4 rings (SSSR count). The fraction of sp³-hybridized carbons (Fsp3) is 0.393. The molecular formula is C28H32N2O5. The Kier molecular flexibility index (Phi) is 7.24. The Balaban J connectivity index is 1.45. The van der Waals surface area contributed by atoms with Gasteiger partial charge in [0.25, 0.3) is 0 Å². The van der Waals surface area contributed by atoms with Crippen molar-refractivity contribution in [2.75, 3.05) is 13.7 Å². The highest BCUT2D eigenvalue weighted by Gasteiger charge is 2.46. The second-order valence-electron chi connectivity index (χ2n) is 9.34. The van der Waals surface area contributed by atoms with Crippen molar-refractivity contribution in [3.63, 3.8) is 0 Å². The molecule has 1 saturated carbocycles. The minimum Gasteiger partial charge on any atom is -0.479 e. The lowest BCUT2D eigenvalue weighted by Gasteiger charge is -2.42. The first-order valence-electron chi connectivity index (χ1n) is 12.1. The van der Waals surface area contributed by atoms with Crippen molar-refractivity contribution in [2.45, 2.75) is 56.0 Å². The van der Waals surface area contributed by atoms with Gasteiger partial charge >= 0.3 is 12.1 Å². The molecular weight excluding hydrogens is 444 g/mol. The van der Waals surface area contributed by atoms with Crippen LogP contribution in [0.3, 0.4) is 0 Å². The molecule has 0 aromatic heterocycles. The Morgan fingerprint density at radius 3 is 2.20 bits per heavy atom. The van der Waals surface area contributed by atoms with E-state index in [-0.39, 0.29) is 18.9 Å². The third kappa shape index (κ3) is 4.67. The van der Waals surface area contributed by atoms with Crippen LogP contribution in [0, 0.1) is 0 Å². The van der Waals surface area contributed by atoms with Gasteiger partial charge < -0.3 is 20.1 Å². The van der Waals surface area contributed by atoms with Crippen LogP contribution in [0.5, 0.6) is 0 Å². The molecule has 0 spiro atoms. The SMILES string of the molecule is C=CCC(NC(=O)OCC1c2ccccc2-c2ccccc21)C(=O)N(C)C1(C(=O)O)CCCCC1. The number of alkyl carbamates (subject to hydrolysis) is 1. The first kappa shape index (κ1) is 24.5. The lowest BCUT2D eigenvalue weighted by atomic mass is 9.80. The van der Waals surface area contributed by atoms with Gasteiger partial charge in [-0.05, 0) is 41.5 Å². The van der Waals surface area contributed by atoms with E-state index < -0.39 is 29.6 Å². The Morgan fingerprint density at radius 1 is 1.09 bits per heavy atom. The number of nitrogens with one attached hydrogen (secondary N) is 1. The van der Waals surface area contributed by atoms with Crippen molar-refractivity contribution < 1.29 is 24.2 Å². The fourth-order valence-corrected chi connectivity index (χ4v) is 5.44. The van der Waals surface area contributed by atoms with Crippen molar-refractivity contribution in [1.82, 2.24) is 10.2 Å². The maximum atomic E-state index is 13.3. The van der Waals surface area contributed by atoms with Crippen LogP contribution in [-0.2, 0) is 14.3 Å². The van der Waals surface area contributed by atoms with Gasteiger partial charge in [0.1, 0.15) is 18.2 Å². The number of carbonyl (C=O) groups excluding carboxylic acids is 2. The average molecular weight is 477 g/mol. The van der Waals surface area contributed by atoms with Crippen LogP contribution < -0.4 is 5.32 Å². The number of likely N-dealkylation sites (N-methyl/N-ethyl adjacent to an activating group) is 1. The monoisotopic (exact) mass is 476 g/mol. The summed E-state index contributed by atoms with van der Waals surface area (Å²) in [6.45, 7) is 3.82. The van der Waals surface area contributed by atoms with Gasteiger partial charge in [0.2, 0.25) is 5.91 Å². The van der Waals surface area contributed by atoms with Gasteiger partial charge in [0.15, 0.2) is 0 Å². The molecule has 7 nitrogen and oxygen atoms in total. The molecule has 35 heavy (non-hydrogen) atoms. The smallest absolute Gasteiger partial charge is 0.407 e. The number of aliphatic carboxylic acids is 1. The molecule has 7 heteroatoms. The molecule has 1 fully saturated rings. The highest BCUT2D eigenvalue weighted by molar-refractivity contribution is 5.91. The molecule has 2 aromatic rings. The third-order valence-corrected chi connectivity index (χ3v) is 7.39. The predicted molar refractivity (Wildman–Crippen MR) is 133 cm³/mol. The topological polar surface area (TPSA) is 95.9 Å². The number of rotatable bonds is 8. The molecule has 0 bridgehead atoms. The molecule has 2 aliphatic rings. The number of nitrogens with zero attached hydrogens (tertiary/aromatic N) is 1. The number of ether oxygens (including phenoxy) is 1. The molecule has 2 aromatic carbocycles. The zero-order valence-corrected chi connectivity index (χ0v) is 20.0. The molecule has 0 saturated heterocycles. The summed E-state index contributed by atoms with van der Waals surface area (Å²) in [6, 6.07) is 15.2. The number of fused-ring (bicyclic) bond motifs is 3. The van der Waals surface area contributed by atoms with Gasteiger partial charge in [-0.3, -0.25) is 4.79 Å². The van der Waals surface area contributed by atoms with Crippen molar-refractivity contribution in [3.05, 3.63) is 72.3 Å². The fourth-order valence-electron chi connectivity index (χ4n) is 5.44. The van der Waals surface area contributed by atoms with Crippen LogP contribution in [0.4, 0.5) is 4.79 Å². The van der Waals surface area contributed by atoms with Crippen molar-refractivity contribution in [1.29, 1.82) is 0 Å². The minimum atomic E-state index is -1.25. The molecule has 0 heterocycles. The summed E-state index contributed by atoms with van der Waals surface area (Å²) in [4.78, 5) is 39.5. The standard InChI is InChI=1S/C28H32N2O5/c1-3-11-24(25(31)30(2)28(26(32)33)16-9-4-10-17-28)29-27(34)35-18-23-21-14-7-5-12-19(21)20-13-6-8-15-22(20)23/h3,5-8,12-15,23-24H,1,4,9-11,16-18H2,2H3,(H,29,34)(H,32,33). The number of benzene rings is 2. The first-order valence-corrected chi connectivity index (χ1v) is 12.1. The predicted octanol–water partition coefficient (Wildman–Crippen LogP) is 4.72. The van der Waals surface area contributed by atoms with Gasteiger partial charge in [0, 0.05) is 13.0 Å². The lowest BCUT2D eigenvalue weighted by molar-refractivity contribution is -0.161. The van der Waals surface area contributed by atoms with E-state index in [2.05, 4.69) is 24.0 Å². The molecule has 2 aliphatic carbocycles. The summed E-state index contributed by atoms with van der Waals surface area (Å²) in [5, 5.41) is 12.6. The largest absolute Gasteiger partial charge is 0.479 e. The molecule has 0 aliphatic heterocycles. The minimum absolute atomic E-state index is 0.0955. The van der Waals surface area contributed by atoms with Crippen molar-refractivity contribution in [2.24, 2.45) is 0 Å². The average Bonchev–Trinajstić information content (AvgIpc) is 3.20. The van der Waals surface area contributed by atoms with E-state index in [9.17, 15) is 19.5 Å². The number of hydrogen-bond donors (Lipinski definition) is 2. The summed E-state index contributed by atoms with van der Waals surface area (Å²) in [6.07, 6.45) is 4.23. The van der Waals surface area contributed by atoms with E-state index in [0.717, 1.165) is 41.5 Å². The van der Waals surface area contributed by atoms with Gasteiger partial charge in [-0.2, -0.15) is 0 Å². The Bertz CT molecular complexity index is 1080. The molecule has 2 N–H and O–H groups in total. The molecule has 1 unspecified atom stereocenters. The second kappa shape index (κ2) is 10.3. The highest BCUT2D eigenvalue weighted by atomic mass is 16.5. The summed E-state index contributed by atoms with van der Waals surface area (Å²) in [7, 11) is 1.51. The number of carbonyl (C=O) groups is 3. The van der Waals surface area contributed by atoms with Crippen molar-refractivity contribution >= 4 is 18.0 Å². The number of amides is 2. The Labute approximate surface area is 205 Å². The van der Waals surface area contributed by atoms with E-state index in [1.165, 1.54) is 18.0 Å². The molecule has 184 valence electrons. The Hall–Kier alpha value is -3.61. The van der Waals surface area contributed by atoms with Crippen LogP contribution in [0.2, 0.25) is 0 Å². The van der Waals surface area contributed by atoms with Gasteiger partial charge in [-0.15, -0.1) is 6.58 Å². The third-order valence-electron chi connectivity index (χ3n) is 7.39. The maximum Gasteiger partial charge on any atom is 0.407 e. The van der Waals surface area contributed by atoms with E-state index in [4.69, 9.17) is 4.74 Å². The van der Waals surface area contributed by atoms with Crippen LogP contribution >= 0.6 is 0 Å².